The fourth-order valence-electron chi connectivity index (χ4n) is 3.48. The Hall–Kier alpha value is -3.20. The third-order valence-corrected chi connectivity index (χ3v) is 4.55. The molecule has 4 aromatic carbocycles. The quantitative estimate of drug-likeness (QED) is 0.375. The number of aromatic amines is 1. The molecule has 0 unspecified atom stereocenters. The van der Waals surface area contributed by atoms with Gasteiger partial charge in [-0.25, -0.2) is 0 Å². The van der Waals surface area contributed by atoms with E-state index in [1.54, 1.807) is 24.3 Å². The van der Waals surface area contributed by atoms with E-state index in [2.05, 4.69) is 17.1 Å². The lowest BCUT2D eigenvalue weighted by Gasteiger charge is -2.00. The van der Waals surface area contributed by atoms with Crippen LogP contribution in [0.1, 0.15) is 0 Å². The minimum Gasteiger partial charge on any atom is -0.508 e. The number of rotatable bonds is 0. The van der Waals surface area contributed by atoms with Gasteiger partial charge in [0.25, 0.3) is 0 Å². The summed E-state index contributed by atoms with van der Waals surface area (Å²) >= 11 is 0. The number of benzene rings is 4. The monoisotopic (exact) mass is 299 g/mol. The van der Waals surface area contributed by atoms with E-state index in [1.165, 1.54) is 0 Å². The minimum atomic E-state index is 0.272. The van der Waals surface area contributed by atoms with Crippen LogP contribution >= 0.6 is 0 Å². The van der Waals surface area contributed by atoms with Crippen molar-refractivity contribution in [2.75, 3.05) is 0 Å². The highest BCUT2D eigenvalue weighted by Crippen LogP contribution is 2.36. The predicted octanol–water partition coefficient (Wildman–Crippen LogP) is 5.04. The number of fused-ring (bicyclic) bond motifs is 7. The summed E-state index contributed by atoms with van der Waals surface area (Å²) in [6.45, 7) is 0. The first-order chi connectivity index (χ1) is 11.2. The lowest BCUT2D eigenvalue weighted by atomic mass is 10.0. The second-order valence-electron chi connectivity index (χ2n) is 5.91. The van der Waals surface area contributed by atoms with E-state index in [0.717, 1.165) is 43.4 Å². The first-order valence-corrected chi connectivity index (χ1v) is 7.49. The number of hydrogen-bond acceptors (Lipinski definition) is 2. The second kappa shape index (κ2) is 4.17. The molecule has 0 bridgehead atoms. The van der Waals surface area contributed by atoms with E-state index >= 15 is 0 Å². The normalized spacial score (nSPS) is 11.8. The standard InChI is InChI=1S/C20H13NO2/c22-13-3-7-15-11(9-13)1-5-17-18-6-2-12-10-14(23)4-8-16(12)20(18)21-19(15)17/h1-10,21-23H. The number of aromatic nitrogens is 1. The summed E-state index contributed by atoms with van der Waals surface area (Å²) in [6.07, 6.45) is 0. The molecule has 5 aromatic rings. The van der Waals surface area contributed by atoms with E-state index in [0.29, 0.717) is 0 Å². The molecule has 23 heavy (non-hydrogen) atoms. The number of phenolic OH excluding ortho intramolecular Hbond substituents is 2. The predicted molar refractivity (Wildman–Crippen MR) is 94.1 cm³/mol. The second-order valence-corrected chi connectivity index (χ2v) is 5.91. The SMILES string of the molecule is Oc1ccc2c(ccc3c4ccc5cc(O)ccc5c4[nH]c23)c1. The van der Waals surface area contributed by atoms with Crippen molar-refractivity contribution in [3.63, 3.8) is 0 Å². The topological polar surface area (TPSA) is 56.2 Å². The summed E-state index contributed by atoms with van der Waals surface area (Å²) in [7, 11) is 0. The number of H-pyrrole nitrogens is 1. The van der Waals surface area contributed by atoms with Gasteiger partial charge < -0.3 is 15.2 Å². The van der Waals surface area contributed by atoms with Crippen LogP contribution in [0.25, 0.3) is 43.4 Å². The number of aromatic hydroxyl groups is 2. The van der Waals surface area contributed by atoms with Gasteiger partial charge in [0.2, 0.25) is 0 Å². The summed E-state index contributed by atoms with van der Waals surface area (Å²) in [5.74, 6) is 0.544. The maximum absolute atomic E-state index is 9.68. The first kappa shape index (κ1) is 12.4. The van der Waals surface area contributed by atoms with Crippen molar-refractivity contribution in [3.8, 4) is 11.5 Å². The van der Waals surface area contributed by atoms with Crippen molar-refractivity contribution >= 4 is 43.4 Å². The van der Waals surface area contributed by atoms with Crippen LogP contribution in [0.15, 0.2) is 60.7 Å². The van der Waals surface area contributed by atoms with Crippen LogP contribution in [-0.2, 0) is 0 Å². The molecule has 5 rings (SSSR count). The van der Waals surface area contributed by atoms with Gasteiger partial charge in [0.1, 0.15) is 11.5 Å². The van der Waals surface area contributed by atoms with E-state index in [9.17, 15) is 10.2 Å². The lowest BCUT2D eigenvalue weighted by Crippen LogP contribution is -1.76. The summed E-state index contributed by atoms with van der Waals surface area (Å²) < 4.78 is 0. The van der Waals surface area contributed by atoms with Gasteiger partial charge in [0.15, 0.2) is 0 Å². The molecule has 1 heterocycles. The fraction of sp³-hybridized carbons (Fsp3) is 0. The molecule has 0 aliphatic carbocycles. The molecule has 3 heteroatoms. The minimum absolute atomic E-state index is 0.272. The molecule has 0 amide bonds. The summed E-state index contributed by atoms with van der Waals surface area (Å²) in [4.78, 5) is 3.54. The van der Waals surface area contributed by atoms with Crippen molar-refractivity contribution in [2.24, 2.45) is 0 Å². The first-order valence-electron chi connectivity index (χ1n) is 7.49. The third kappa shape index (κ3) is 1.64. The summed E-state index contributed by atoms with van der Waals surface area (Å²) in [6, 6.07) is 19.1. The van der Waals surface area contributed by atoms with Gasteiger partial charge in [-0.3, -0.25) is 0 Å². The maximum atomic E-state index is 9.68. The molecule has 0 aliphatic heterocycles. The molecule has 0 fully saturated rings. The highest BCUT2D eigenvalue weighted by atomic mass is 16.3. The number of nitrogens with one attached hydrogen (secondary N) is 1. The van der Waals surface area contributed by atoms with E-state index in [-0.39, 0.29) is 11.5 Å². The zero-order chi connectivity index (χ0) is 15.6. The molecule has 1 aromatic heterocycles. The fourth-order valence-corrected chi connectivity index (χ4v) is 3.48. The molecule has 0 spiro atoms. The van der Waals surface area contributed by atoms with E-state index in [4.69, 9.17) is 0 Å². The van der Waals surface area contributed by atoms with Crippen molar-refractivity contribution < 1.29 is 10.2 Å². The van der Waals surface area contributed by atoms with E-state index in [1.807, 2.05) is 24.3 Å². The Morgan fingerprint density at radius 2 is 0.957 bits per heavy atom. The Morgan fingerprint density at radius 3 is 1.43 bits per heavy atom. The number of phenols is 2. The Labute approximate surface area is 131 Å². The van der Waals surface area contributed by atoms with Crippen molar-refractivity contribution in [3.05, 3.63) is 60.7 Å². The van der Waals surface area contributed by atoms with Crippen LogP contribution in [-0.4, -0.2) is 15.2 Å². The number of hydrogen-bond donors (Lipinski definition) is 3. The molecule has 3 N–H and O–H groups in total. The van der Waals surface area contributed by atoms with Gasteiger partial charge in [0.05, 0.1) is 11.0 Å². The van der Waals surface area contributed by atoms with Crippen LogP contribution in [0, 0.1) is 0 Å². The molecule has 0 saturated heterocycles. The average Bonchev–Trinajstić information content (AvgIpc) is 2.93. The third-order valence-electron chi connectivity index (χ3n) is 4.55. The molecule has 0 atom stereocenters. The zero-order valence-corrected chi connectivity index (χ0v) is 12.2. The molecule has 3 nitrogen and oxygen atoms in total. The van der Waals surface area contributed by atoms with Gasteiger partial charge in [0, 0.05) is 21.5 Å². The Kier molecular flexibility index (Phi) is 2.24. The smallest absolute Gasteiger partial charge is 0.116 e. The Balaban J connectivity index is 2.01. The molecular weight excluding hydrogens is 286 g/mol. The highest BCUT2D eigenvalue weighted by Gasteiger charge is 2.10. The molecular formula is C20H13NO2. The van der Waals surface area contributed by atoms with Crippen LogP contribution in [0.4, 0.5) is 0 Å². The van der Waals surface area contributed by atoms with Gasteiger partial charge in [-0.2, -0.15) is 0 Å². The molecule has 0 radical (unpaired) electrons. The molecule has 0 aliphatic rings. The van der Waals surface area contributed by atoms with Crippen LogP contribution in [0.3, 0.4) is 0 Å². The molecule has 0 saturated carbocycles. The van der Waals surface area contributed by atoms with Gasteiger partial charge in [-0.15, -0.1) is 0 Å². The zero-order valence-electron chi connectivity index (χ0n) is 12.2. The van der Waals surface area contributed by atoms with Gasteiger partial charge >= 0.3 is 0 Å². The lowest BCUT2D eigenvalue weighted by molar-refractivity contribution is 0.475. The Morgan fingerprint density at radius 1 is 0.522 bits per heavy atom. The van der Waals surface area contributed by atoms with E-state index < -0.39 is 0 Å². The average molecular weight is 299 g/mol. The van der Waals surface area contributed by atoms with Gasteiger partial charge in [-0.1, -0.05) is 24.3 Å². The summed E-state index contributed by atoms with van der Waals surface area (Å²) in [5.41, 5.74) is 2.14. The summed E-state index contributed by atoms with van der Waals surface area (Å²) in [5, 5.41) is 25.9. The van der Waals surface area contributed by atoms with Crippen LogP contribution in [0.5, 0.6) is 11.5 Å². The Bertz CT molecular complexity index is 1140. The van der Waals surface area contributed by atoms with Crippen molar-refractivity contribution in [1.82, 2.24) is 4.98 Å². The van der Waals surface area contributed by atoms with Crippen LogP contribution < -0.4 is 0 Å². The maximum Gasteiger partial charge on any atom is 0.116 e. The highest BCUT2D eigenvalue weighted by molar-refractivity contribution is 6.22. The van der Waals surface area contributed by atoms with Crippen LogP contribution in [0.2, 0.25) is 0 Å². The van der Waals surface area contributed by atoms with Crippen molar-refractivity contribution in [2.45, 2.75) is 0 Å². The van der Waals surface area contributed by atoms with Gasteiger partial charge in [-0.05, 0) is 47.2 Å². The molecule has 110 valence electrons. The largest absolute Gasteiger partial charge is 0.508 e. The van der Waals surface area contributed by atoms with Crippen molar-refractivity contribution in [1.29, 1.82) is 0 Å².